The Morgan fingerprint density at radius 1 is 1.36 bits per heavy atom. The normalized spacial score (nSPS) is 20.7. The number of nitrogens with two attached hydrogens (primary N) is 1. The highest BCUT2D eigenvalue weighted by Crippen LogP contribution is 2.19. The van der Waals surface area contributed by atoms with Gasteiger partial charge in [-0.15, -0.1) is 0 Å². The molecule has 1 aliphatic rings. The first-order chi connectivity index (χ1) is 10.3. The van der Waals surface area contributed by atoms with Gasteiger partial charge in [-0.2, -0.15) is 0 Å². The molecule has 0 aromatic heterocycles. The fraction of sp³-hybridized carbons (Fsp3) is 0.562. The second-order valence-electron chi connectivity index (χ2n) is 6.23. The van der Waals surface area contributed by atoms with Crippen molar-refractivity contribution in [2.75, 3.05) is 13.1 Å². The molecule has 22 heavy (non-hydrogen) atoms. The number of carbonyl (C=O) groups is 1. The second-order valence-corrected chi connectivity index (χ2v) is 8.07. The molecule has 1 saturated heterocycles. The van der Waals surface area contributed by atoms with Gasteiger partial charge in [0.2, 0.25) is 15.9 Å². The largest absolute Gasteiger partial charge is 0.341 e. The Morgan fingerprint density at radius 2 is 2.00 bits per heavy atom. The van der Waals surface area contributed by atoms with Crippen LogP contribution in [0.15, 0.2) is 24.3 Å². The Morgan fingerprint density at radius 3 is 2.59 bits per heavy atom. The van der Waals surface area contributed by atoms with Crippen molar-refractivity contribution in [1.82, 2.24) is 4.90 Å². The summed E-state index contributed by atoms with van der Waals surface area (Å²) in [5.41, 5.74) is 2.31. The number of nitrogens with zero attached hydrogens (tertiary/aromatic N) is 1. The number of rotatable bonds is 4. The summed E-state index contributed by atoms with van der Waals surface area (Å²) in [6, 6.07) is 8.12. The highest BCUT2D eigenvalue weighted by Gasteiger charge is 2.32. The average molecular weight is 324 g/mol. The first-order valence-electron chi connectivity index (χ1n) is 7.63. The molecule has 2 unspecified atom stereocenters. The SMILES string of the molecule is Cc1ccc(CC(C)C(=O)N2CCCC(S(N)(=O)=O)C2)cc1. The fourth-order valence-electron chi connectivity index (χ4n) is 2.88. The highest BCUT2D eigenvalue weighted by atomic mass is 32.2. The summed E-state index contributed by atoms with van der Waals surface area (Å²) in [4.78, 5) is 14.2. The molecule has 122 valence electrons. The zero-order valence-electron chi connectivity index (χ0n) is 13.2. The van der Waals surface area contributed by atoms with E-state index in [0.29, 0.717) is 25.8 Å². The third-order valence-electron chi connectivity index (χ3n) is 4.24. The topological polar surface area (TPSA) is 80.5 Å². The number of carbonyl (C=O) groups excluding carboxylic acids is 1. The van der Waals surface area contributed by atoms with Crippen molar-refractivity contribution in [3.8, 4) is 0 Å². The molecule has 1 amide bonds. The number of primary sulfonamides is 1. The first kappa shape index (κ1) is 17.0. The maximum absolute atomic E-state index is 12.5. The Kier molecular flexibility index (Phi) is 5.24. The van der Waals surface area contributed by atoms with Crippen LogP contribution >= 0.6 is 0 Å². The van der Waals surface area contributed by atoms with Crippen molar-refractivity contribution >= 4 is 15.9 Å². The molecule has 0 saturated carbocycles. The molecule has 0 aliphatic carbocycles. The number of amides is 1. The van der Waals surface area contributed by atoms with E-state index in [1.807, 2.05) is 38.1 Å². The van der Waals surface area contributed by atoms with E-state index in [9.17, 15) is 13.2 Å². The smallest absolute Gasteiger partial charge is 0.225 e. The third kappa shape index (κ3) is 4.30. The van der Waals surface area contributed by atoms with Gasteiger partial charge in [0.25, 0.3) is 0 Å². The summed E-state index contributed by atoms with van der Waals surface area (Å²) in [5.74, 6) is -0.157. The lowest BCUT2D eigenvalue weighted by atomic mass is 9.98. The first-order valence-corrected chi connectivity index (χ1v) is 9.24. The van der Waals surface area contributed by atoms with Gasteiger partial charge in [0.05, 0.1) is 5.25 Å². The quantitative estimate of drug-likeness (QED) is 0.910. The molecule has 0 spiro atoms. The van der Waals surface area contributed by atoms with Crippen molar-refractivity contribution in [3.63, 3.8) is 0 Å². The van der Waals surface area contributed by atoms with Crippen LogP contribution in [0.2, 0.25) is 0 Å². The van der Waals surface area contributed by atoms with Gasteiger partial charge in [-0.1, -0.05) is 36.8 Å². The number of aryl methyl sites for hydroxylation is 1. The van der Waals surface area contributed by atoms with Gasteiger partial charge >= 0.3 is 0 Å². The minimum atomic E-state index is -3.58. The molecule has 2 N–H and O–H groups in total. The van der Waals surface area contributed by atoms with Crippen molar-refractivity contribution in [2.24, 2.45) is 11.1 Å². The van der Waals surface area contributed by atoms with Gasteiger partial charge < -0.3 is 4.90 Å². The zero-order chi connectivity index (χ0) is 16.3. The molecular weight excluding hydrogens is 300 g/mol. The van der Waals surface area contributed by atoms with Gasteiger partial charge in [-0.3, -0.25) is 4.79 Å². The van der Waals surface area contributed by atoms with E-state index < -0.39 is 15.3 Å². The number of likely N-dealkylation sites (tertiary alicyclic amines) is 1. The maximum atomic E-state index is 12.5. The van der Waals surface area contributed by atoms with E-state index in [0.717, 1.165) is 5.56 Å². The van der Waals surface area contributed by atoms with Crippen LogP contribution in [0.5, 0.6) is 0 Å². The van der Waals surface area contributed by atoms with Crippen LogP contribution in [0.4, 0.5) is 0 Å². The number of piperidine rings is 1. The lowest BCUT2D eigenvalue weighted by Crippen LogP contribution is -2.48. The van der Waals surface area contributed by atoms with Crippen LogP contribution in [0, 0.1) is 12.8 Å². The van der Waals surface area contributed by atoms with Gasteiger partial charge in [0, 0.05) is 19.0 Å². The Hall–Kier alpha value is -1.40. The van der Waals surface area contributed by atoms with Crippen molar-refractivity contribution in [1.29, 1.82) is 0 Å². The second kappa shape index (κ2) is 6.79. The lowest BCUT2D eigenvalue weighted by Gasteiger charge is -2.33. The van der Waals surface area contributed by atoms with Gasteiger partial charge in [-0.25, -0.2) is 13.6 Å². The molecule has 1 fully saturated rings. The Balaban J connectivity index is 1.99. The summed E-state index contributed by atoms with van der Waals surface area (Å²) in [5, 5.41) is 4.59. The van der Waals surface area contributed by atoms with Crippen LogP contribution in [-0.4, -0.2) is 37.6 Å². The van der Waals surface area contributed by atoms with Crippen molar-refractivity contribution in [3.05, 3.63) is 35.4 Å². The summed E-state index contributed by atoms with van der Waals surface area (Å²) >= 11 is 0. The van der Waals surface area contributed by atoms with Gasteiger partial charge in [0.15, 0.2) is 0 Å². The van der Waals surface area contributed by atoms with Crippen LogP contribution in [0.3, 0.4) is 0 Å². The fourth-order valence-corrected chi connectivity index (χ4v) is 3.77. The average Bonchev–Trinajstić information content (AvgIpc) is 2.48. The molecule has 0 radical (unpaired) electrons. The molecule has 2 rings (SSSR count). The van der Waals surface area contributed by atoms with Crippen LogP contribution in [-0.2, 0) is 21.2 Å². The van der Waals surface area contributed by atoms with E-state index in [4.69, 9.17) is 5.14 Å². The minimum Gasteiger partial charge on any atom is -0.341 e. The van der Waals surface area contributed by atoms with Crippen molar-refractivity contribution in [2.45, 2.75) is 38.4 Å². The molecule has 1 heterocycles. The summed E-state index contributed by atoms with van der Waals surface area (Å²) in [6.45, 7) is 4.75. The molecule has 2 atom stereocenters. The number of sulfonamides is 1. The predicted molar refractivity (Wildman–Crippen MR) is 86.8 cm³/mol. The van der Waals surface area contributed by atoms with Crippen LogP contribution in [0.25, 0.3) is 0 Å². The molecule has 1 aliphatic heterocycles. The van der Waals surface area contributed by atoms with E-state index >= 15 is 0 Å². The number of benzene rings is 1. The number of hydrogen-bond donors (Lipinski definition) is 1. The predicted octanol–water partition coefficient (Wildman–Crippen LogP) is 1.45. The van der Waals surface area contributed by atoms with E-state index in [2.05, 4.69) is 0 Å². The molecule has 1 aromatic carbocycles. The molecular formula is C16H24N2O3S. The van der Waals surface area contributed by atoms with E-state index in [1.54, 1.807) is 4.90 Å². The van der Waals surface area contributed by atoms with Crippen LogP contribution in [0.1, 0.15) is 30.9 Å². The number of hydrogen-bond acceptors (Lipinski definition) is 3. The molecule has 1 aromatic rings. The highest BCUT2D eigenvalue weighted by molar-refractivity contribution is 7.89. The molecule has 5 nitrogen and oxygen atoms in total. The van der Waals surface area contributed by atoms with Gasteiger partial charge in [0.1, 0.15) is 0 Å². The maximum Gasteiger partial charge on any atom is 0.225 e. The summed E-state index contributed by atoms with van der Waals surface area (Å²) in [6.07, 6.45) is 1.88. The van der Waals surface area contributed by atoms with Crippen LogP contribution < -0.4 is 5.14 Å². The Labute approximate surface area is 132 Å². The third-order valence-corrected chi connectivity index (χ3v) is 5.55. The van der Waals surface area contributed by atoms with E-state index in [1.165, 1.54) is 5.56 Å². The monoisotopic (exact) mass is 324 g/mol. The summed E-state index contributed by atoms with van der Waals surface area (Å²) < 4.78 is 23.0. The summed E-state index contributed by atoms with van der Waals surface area (Å²) in [7, 11) is -3.58. The molecule has 0 bridgehead atoms. The molecule has 6 heteroatoms. The Bertz CT molecular complexity index is 625. The minimum absolute atomic E-state index is 0.00826. The standard InChI is InChI=1S/C16H24N2O3S/c1-12-5-7-14(8-6-12)10-13(2)16(19)18-9-3-4-15(11-18)22(17,20)21/h5-8,13,15H,3-4,9-11H2,1-2H3,(H2,17,20,21). The van der Waals surface area contributed by atoms with Crippen molar-refractivity contribution < 1.29 is 13.2 Å². The van der Waals surface area contributed by atoms with Gasteiger partial charge in [-0.05, 0) is 31.7 Å². The zero-order valence-corrected chi connectivity index (χ0v) is 14.0. The lowest BCUT2D eigenvalue weighted by molar-refractivity contribution is -0.135. The van der Waals surface area contributed by atoms with E-state index in [-0.39, 0.29) is 18.4 Å².